The lowest BCUT2D eigenvalue weighted by atomic mass is 10.1. The summed E-state index contributed by atoms with van der Waals surface area (Å²) in [5, 5.41) is 10.4. The van der Waals surface area contributed by atoms with Crippen LogP contribution in [0.5, 0.6) is 0 Å². The third-order valence-electron chi connectivity index (χ3n) is 5.11. The van der Waals surface area contributed by atoms with Gasteiger partial charge in [-0.05, 0) is 51.7 Å². The molecule has 1 aromatic carbocycles. The van der Waals surface area contributed by atoms with E-state index in [1.54, 1.807) is 0 Å². The van der Waals surface area contributed by atoms with Crippen LogP contribution in [0, 0.1) is 0 Å². The van der Waals surface area contributed by atoms with Gasteiger partial charge in [0.05, 0.1) is 17.6 Å². The highest BCUT2D eigenvalue weighted by atomic mass is 16.1. The Kier molecular flexibility index (Phi) is 4.49. The molecule has 0 bridgehead atoms. The number of hydrogen-bond donors (Lipinski definition) is 2. The smallest absolute Gasteiger partial charge is 0.272 e. The van der Waals surface area contributed by atoms with Gasteiger partial charge >= 0.3 is 0 Å². The fourth-order valence-corrected chi connectivity index (χ4v) is 3.88. The second-order valence-corrected chi connectivity index (χ2v) is 7.25. The first kappa shape index (κ1) is 16.8. The molecule has 0 radical (unpaired) electrons. The molecule has 2 aromatic heterocycles. The van der Waals surface area contributed by atoms with Crippen LogP contribution in [0.1, 0.15) is 66.7 Å². The van der Waals surface area contributed by atoms with Gasteiger partial charge in [-0.15, -0.1) is 0 Å². The molecular formula is C20H25N5O. The van der Waals surface area contributed by atoms with E-state index in [9.17, 15) is 4.79 Å². The molecule has 1 aliphatic carbocycles. The zero-order valence-electron chi connectivity index (χ0n) is 15.4. The fourth-order valence-electron chi connectivity index (χ4n) is 3.88. The van der Waals surface area contributed by atoms with Crippen molar-refractivity contribution in [3.8, 4) is 0 Å². The van der Waals surface area contributed by atoms with Crippen molar-refractivity contribution in [2.45, 2.75) is 58.5 Å². The molecule has 0 aliphatic heterocycles. The number of hydrogen-bond acceptors (Lipinski definition) is 3. The number of aromatic amines is 1. The summed E-state index contributed by atoms with van der Waals surface area (Å²) < 4.78 is 2.18. The third kappa shape index (κ3) is 3.00. The second kappa shape index (κ2) is 6.94. The number of rotatable bonds is 4. The Bertz CT molecular complexity index is 937. The van der Waals surface area contributed by atoms with Crippen molar-refractivity contribution in [1.29, 1.82) is 0 Å². The highest BCUT2D eigenvalue weighted by Gasteiger charge is 2.21. The third-order valence-corrected chi connectivity index (χ3v) is 5.11. The van der Waals surface area contributed by atoms with Crippen molar-refractivity contribution >= 4 is 16.9 Å². The monoisotopic (exact) mass is 351 g/mol. The van der Waals surface area contributed by atoms with Crippen LogP contribution in [0.4, 0.5) is 0 Å². The Morgan fingerprint density at radius 2 is 2.04 bits per heavy atom. The Hall–Kier alpha value is -2.63. The summed E-state index contributed by atoms with van der Waals surface area (Å²) in [6.45, 7) is 4.66. The number of nitrogens with one attached hydrogen (secondary N) is 2. The van der Waals surface area contributed by atoms with Crippen LogP contribution in [-0.4, -0.2) is 25.7 Å². The zero-order valence-corrected chi connectivity index (χ0v) is 15.4. The molecule has 0 atom stereocenters. The lowest BCUT2D eigenvalue weighted by Crippen LogP contribution is -2.26. The number of imidazole rings is 1. The maximum atomic E-state index is 12.7. The number of aromatic nitrogens is 4. The minimum absolute atomic E-state index is 0.119. The van der Waals surface area contributed by atoms with E-state index in [0.717, 1.165) is 53.8 Å². The van der Waals surface area contributed by atoms with Gasteiger partial charge in [-0.3, -0.25) is 9.89 Å². The van der Waals surface area contributed by atoms with E-state index >= 15 is 0 Å². The van der Waals surface area contributed by atoms with Crippen LogP contribution >= 0.6 is 0 Å². The van der Waals surface area contributed by atoms with Crippen molar-refractivity contribution in [3.63, 3.8) is 0 Å². The number of para-hydroxylation sites is 2. The van der Waals surface area contributed by atoms with Crippen molar-refractivity contribution in [2.75, 3.05) is 0 Å². The Morgan fingerprint density at radius 1 is 1.23 bits per heavy atom. The average Bonchev–Trinajstić information content (AvgIpc) is 3.13. The molecule has 3 aromatic rings. The minimum atomic E-state index is -0.119. The highest BCUT2D eigenvalue weighted by molar-refractivity contribution is 5.94. The summed E-state index contributed by atoms with van der Waals surface area (Å²) in [4.78, 5) is 17.4. The van der Waals surface area contributed by atoms with Crippen LogP contribution in [0.3, 0.4) is 0 Å². The summed E-state index contributed by atoms with van der Waals surface area (Å²) in [5.74, 6) is 0.753. The number of fused-ring (bicyclic) bond motifs is 2. The van der Waals surface area contributed by atoms with E-state index < -0.39 is 0 Å². The summed E-state index contributed by atoms with van der Waals surface area (Å²) in [7, 11) is 0. The van der Waals surface area contributed by atoms with E-state index in [1.165, 1.54) is 6.42 Å². The van der Waals surface area contributed by atoms with Crippen LogP contribution in [0.25, 0.3) is 11.0 Å². The van der Waals surface area contributed by atoms with Crippen LogP contribution in [0.2, 0.25) is 0 Å². The molecule has 0 unspecified atom stereocenters. The summed E-state index contributed by atoms with van der Waals surface area (Å²) in [6.07, 6.45) is 5.41. The number of carbonyl (C=O) groups excluding carboxylic acids is 1. The lowest BCUT2D eigenvalue weighted by Gasteiger charge is -2.13. The van der Waals surface area contributed by atoms with Gasteiger partial charge in [-0.1, -0.05) is 18.6 Å². The predicted octanol–water partition coefficient (Wildman–Crippen LogP) is 3.54. The summed E-state index contributed by atoms with van der Waals surface area (Å²) in [5.41, 5.74) is 4.83. The molecule has 0 fully saturated rings. The number of amides is 1. The number of H-pyrrole nitrogens is 1. The maximum absolute atomic E-state index is 12.7. The maximum Gasteiger partial charge on any atom is 0.272 e. The fraction of sp³-hybridized carbons (Fsp3) is 0.450. The molecule has 6 nitrogen and oxygen atoms in total. The van der Waals surface area contributed by atoms with Crippen molar-refractivity contribution in [2.24, 2.45) is 0 Å². The van der Waals surface area contributed by atoms with E-state index in [0.29, 0.717) is 12.2 Å². The van der Waals surface area contributed by atoms with Crippen LogP contribution in [0.15, 0.2) is 24.3 Å². The molecular weight excluding hydrogens is 326 g/mol. The molecule has 4 rings (SSSR count). The van der Waals surface area contributed by atoms with E-state index in [4.69, 9.17) is 4.98 Å². The number of benzene rings is 1. The van der Waals surface area contributed by atoms with E-state index in [2.05, 4.69) is 40.0 Å². The molecule has 26 heavy (non-hydrogen) atoms. The van der Waals surface area contributed by atoms with Crippen molar-refractivity contribution in [3.05, 3.63) is 47.0 Å². The van der Waals surface area contributed by atoms with Gasteiger partial charge in [-0.25, -0.2) is 4.98 Å². The Morgan fingerprint density at radius 3 is 2.88 bits per heavy atom. The first-order chi connectivity index (χ1) is 12.6. The number of aryl methyl sites for hydroxylation is 1. The van der Waals surface area contributed by atoms with Crippen molar-refractivity contribution in [1.82, 2.24) is 25.1 Å². The average molecular weight is 351 g/mol. The highest BCUT2D eigenvalue weighted by Crippen LogP contribution is 2.23. The summed E-state index contributed by atoms with van der Waals surface area (Å²) >= 11 is 0. The first-order valence-corrected chi connectivity index (χ1v) is 9.45. The van der Waals surface area contributed by atoms with Gasteiger partial charge in [0.25, 0.3) is 5.91 Å². The van der Waals surface area contributed by atoms with Crippen LogP contribution in [-0.2, 0) is 19.4 Å². The lowest BCUT2D eigenvalue weighted by molar-refractivity contribution is 0.0943. The molecule has 0 spiro atoms. The second-order valence-electron chi connectivity index (χ2n) is 7.25. The van der Waals surface area contributed by atoms with Gasteiger partial charge < -0.3 is 9.88 Å². The predicted molar refractivity (Wildman–Crippen MR) is 101 cm³/mol. The largest absolute Gasteiger partial charge is 0.343 e. The first-order valence-electron chi connectivity index (χ1n) is 9.45. The molecule has 6 heteroatoms. The van der Waals surface area contributed by atoms with Gasteiger partial charge in [0.1, 0.15) is 5.82 Å². The number of carbonyl (C=O) groups is 1. The van der Waals surface area contributed by atoms with E-state index in [1.807, 2.05) is 18.2 Å². The molecule has 0 saturated heterocycles. The molecule has 0 saturated carbocycles. The molecule has 2 heterocycles. The van der Waals surface area contributed by atoms with Crippen LogP contribution < -0.4 is 5.32 Å². The Balaban J connectivity index is 1.56. The molecule has 2 N–H and O–H groups in total. The standard InChI is InChI=1S/C20H25N5O/c1-13(2)25-17-11-7-6-10-16(17)22-18(25)12-21-20(26)19-14-8-4-3-5-9-15(14)23-24-19/h6-7,10-11,13H,3-5,8-9,12H2,1-2H3,(H,21,26)(H,23,24). The zero-order chi connectivity index (χ0) is 18.1. The molecule has 1 amide bonds. The topological polar surface area (TPSA) is 75.6 Å². The van der Waals surface area contributed by atoms with Gasteiger partial charge in [0.2, 0.25) is 0 Å². The van der Waals surface area contributed by atoms with Gasteiger partial charge in [0, 0.05) is 17.3 Å². The summed E-state index contributed by atoms with van der Waals surface area (Å²) in [6, 6.07) is 8.36. The normalized spacial score (nSPS) is 14.4. The Labute approximate surface area is 153 Å². The van der Waals surface area contributed by atoms with Crippen molar-refractivity contribution < 1.29 is 4.79 Å². The molecule has 136 valence electrons. The number of nitrogens with zero attached hydrogens (tertiary/aromatic N) is 3. The van der Waals surface area contributed by atoms with E-state index in [-0.39, 0.29) is 11.9 Å². The molecule has 1 aliphatic rings. The SMILES string of the molecule is CC(C)n1c(CNC(=O)c2n[nH]c3c2CCCCC3)nc2ccccc21. The van der Waals surface area contributed by atoms with Gasteiger partial charge in [0.15, 0.2) is 5.69 Å². The minimum Gasteiger partial charge on any atom is -0.343 e. The quantitative estimate of drug-likeness (QED) is 0.706. The van der Waals surface area contributed by atoms with Gasteiger partial charge in [-0.2, -0.15) is 5.10 Å².